The van der Waals surface area contributed by atoms with Gasteiger partial charge in [0.05, 0.1) is 6.54 Å². The van der Waals surface area contributed by atoms with Gasteiger partial charge in [-0.25, -0.2) is 9.67 Å². The fraction of sp³-hybridized carbons (Fsp3) is 0.800. The zero-order valence-electron chi connectivity index (χ0n) is 13.5. The first-order valence-electron chi connectivity index (χ1n) is 8.24. The summed E-state index contributed by atoms with van der Waals surface area (Å²) in [6.07, 6.45) is 7.61. The molecule has 3 atom stereocenters. The molecule has 0 amide bonds. The quantitative estimate of drug-likeness (QED) is 0.436. The molecule has 0 aromatic carbocycles. The number of aliphatic imine (C=N–C) groups is 1. The number of rotatable bonds is 5. The number of fused-ring (bicyclic) bond motifs is 1. The first kappa shape index (κ1) is 17.5. The van der Waals surface area contributed by atoms with Crippen molar-refractivity contribution < 1.29 is 0 Å². The van der Waals surface area contributed by atoms with Crippen LogP contribution in [-0.2, 0) is 13.0 Å². The van der Waals surface area contributed by atoms with Crippen molar-refractivity contribution in [1.82, 2.24) is 25.4 Å². The molecule has 1 aromatic rings. The summed E-state index contributed by atoms with van der Waals surface area (Å²) >= 11 is 0. The zero-order valence-corrected chi connectivity index (χ0v) is 15.8. The molecule has 3 rings (SSSR count). The van der Waals surface area contributed by atoms with Crippen LogP contribution < -0.4 is 10.6 Å². The van der Waals surface area contributed by atoms with E-state index in [1.807, 2.05) is 4.68 Å². The van der Waals surface area contributed by atoms with E-state index in [0.29, 0.717) is 12.1 Å². The Hall–Kier alpha value is -0.860. The van der Waals surface area contributed by atoms with Crippen LogP contribution in [0.1, 0.15) is 45.4 Å². The average molecular weight is 418 g/mol. The third-order valence-corrected chi connectivity index (χ3v) is 4.37. The van der Waals surface area contributed by atoms with Gasteiger partial charge in [0.1, 0.15) is 12.2 Å². The van der Waals surface area contributed by atoms with Gasteiger partial charge in [0.15, 0.2) is 5.96 Å². The number of guanidine groups is 1. The highest BCUT2D eigenvalue weighted by molar-refractivity contribution is 14.0. The number of halogens is 1. The molecule has 0 radical (unpaired) electrons. The molecule has 7 heteroatoms. The van der Waals surface area contributed by atoms with Crippen molar-refractivity contribution in [3.8, 4) is 0 Å². The van der Waals surface area contributed by atoms with Gasteiger partial charge in [0, 0.05) is 25.0 Å². The lowest BCUT2D eigenvalue weighted by Gasteiger charge is -2.25. The summed E-state index contributed by atoms with van der Waals surface area (Å²) in [6, 6.07) is 1.01. The standard InChI is InChI=1S/C15H26N6.HI/c1-3-5-11-8-13(11)20-15(16-4-2)19-12-6-7-14-17-10-18-21(14)9-12;/h10-13H,3-9H2,1-2H3,(H2,16,19,20);1H. The van der Waals surface area contributed by atoms with Crippen molar-refractivity contribution in [2.45, 2.75) is 64.6 Å². The normalized spacial score (nSPS) is 26.8. The number of hydrogen-bond acceptors (Lipinski definition) is 3. The predicted octanol–water partition coefficient (Wildman–Crippen LogP) is 1.95. The molecule has 3 unspecified atom stereocenters. The molecule has 2 heterocycles. The first-order valence-corrected chi connectivity index (χ1v) is 8.24. The molecular formula is C15H27IN6. The smallest absolute Gasteiger partial charge is 0.191 e. The van der Waals surface area contributed by atoms with Crippen LogP contribution in [0.5, 0.6) is 0 Å². The molecule has 1 aliphatic carbocycles. The van der Waals surface area contributed by atoms with E-state index in [9.17, 15) is 0 Å². The number of hydrogen-bond donors (Lipinski definition) is 2. The van der Waals surface area contributed by atoms with E-state index in [2.05, 4.69) is 39.6 Å². The minimum atomic E-state index is 0. The summed E-state index contributed by atoms with van der Waals surface area (Å²) in [5.41, 5.74) is 0. The van der Waals surface area contributed by atoms with Gasteiger partial charge in [-0.1, -0.05) is 13.3 Å². The van der Waals surface area contributed by atoms with Crippen molar-refractivity contribution in [2.75, 3.05) is 6.54 Å². The van der Waals surface area contributed by atoms with Crippen molar-refractivity contribution >= 4 is 29.9 Å². The van der Waals surface area contributed by atoms with Crippen molar-refractivity contribution in [2.24, 2.45) is 10.9 Å². The SMILES string of the molecule is CCCC1CC1NC(=NCC)NC1CCc2ncnn2C1.I. The van der Waals surface area contributed by atoms with Crippen LogP contribution in [0.3, 0.4) is 0 Å². The third-order valence-electron chi connectivity index (χ3n) is 4.37. The molecule has 1 aromatic heterocycles. The highest BCUT2D eigenvalue weighted by atomic mass is 127. The van der Waals surface area contributed by atoms with Crippen LogP contribution >= 0.6 is 24.0 Å². The summed E-state index contributed by atoms with van der Waals surface area (Å²) in [6.45, 7) is 6.02. The Balaban J connectivity index is 0.00000176. The van der Waals surface area contributed by atoms with Crippen LogP contribution in [0.25, 0.3) is 0 Å². The van der Waals surface area contributed by atoms with Gasteiger partial charge in [-0.15, -0.1) is 24.0 Å². The van der Waals surface area contributed by atoms with Gasteiger partial charge in [0.2, 0.25) is 0 Å². The van der Waals surface area contributed by atoms with E-state index >= 15 is 0 Å². The first-order chi connectivity index (χ1) is 10.3. The highest BCUT2D eigenvalue weighted by Crippen LogP contribution is 2.34. The van der Waals surface area contributed by atoms with Gasteiger partial charge >= 0.3 is 0 Å². The minimum absolute atomic E-state index is 0. The zero-order chi connectivity index (χ0) is 14.7. The third kappa shape index (κ3) is 4.33. The molecule has 6 nitrogen and oxygen atoms in total. The summed E-state index contributed by atoms with van der Waals surface area (Å²) in [4.78, 5) is 8.86. The second-order valence-corrected chi connectivity index (χ2v) is 6.10. The summed E-state index contributed by atoms with van der Waals surface area (Å²) in [5.74, 6) is 2.90. The molecule has 1 saturated carbocycles. The van der Waals surface area contributed by atoms with Crippen molar-refractivity contribution in [3.63, 3.8) is 0 Å². The number of nitrogens with one attached hydrogen (secondary N) is 2. The molecule has 2 aliphatic rings. The average Bonchev–Trinajstić information content (AvgIpc) is 3.01. The topological polar surface area (TPSA) is 67.1 Å². The van der Waals surface area contributed by atoms with Crippen molar-refractivity contribution in [3.05, 3.63) is 12.2 Å². The highest BCUT2D eigenvalue weighted by Gasteiger charge is 2.37. The van der Waals surface area contributed by atoms with E-state index in [4.69, 9.17) is 0 Å². The van der Waals surface area contributed by atoms with E-state index in [1.54, 1.807) is 6.33 Å². The largest absolute Gasteiger partial charge is 0.353 e. The molecule has 2 N–H and O–H groups in total. The molecule has 124 valence electrons. The fourth-order valence-corrected chi connectivity index (χ4v) is 3.13. The van der Waals surface area contributed by atoms with E-state index in [0.717, 1.165) is 43.6 Å². The molecule has 0 spiro atoms. The number of nitrogens with zero attached hydrogens (tertiary/aromatic N) is 4. The maximum atomic E-state index is 4.59. The summed E-state index contributed by atoms with van der Waals surface area (Å²) < 4.78 is 2.00. The Morgan fingerprint density at radius 3 is 3.05 bits per heavy atom. The van der Waals surface area contributed by atoms with E-state index in [-0.39, 0.29) is 24.0 Å². The molecule has 0 bridgehead atoms. The lowest BCUT2D eigenvalue weighted by atomic mass is 10.1. The van der Waals surface area contributed by atoms with Gasteiger partial charge in [0.25, 0.3) is 0 Å². The molecule has 22 heavy (non-hydrogen) atoms. The Morgan fingerprint density at radius 1 is 1.41 bits per heavy atom. The molecule has 1 aliphatic heterocycles. The predicted molar refractivity (Wildman–Crippen MR) is 98.6 cm³/mol. The van der Waals surface area contributed by atoms with Crippen LogP contribution in [0.4, 0.5) is 0 Å². The second kappa shape index (κ2) is 8.12. The van der Waals surface area contributed by atoms with Crippen LogP contribution in [0, 0.1) is 5.92 Å². The summed E-state index contributed by atoms with van der Waals surface area (Å²) in [5, 5.41) is 11.4. The molecule has 1 fully saturated rings. The number of aryl methyl sites for hydroxylation is 1. The lowest BCUT2D eigenvalue weighted by Crippen LogP contribution is -2.48. The second-order valence-electron chi connectivity index (χ2n) is 6.10. The Bertz CT molecular complexity index is 500. The van der Waals surface area contributed by atoms with E-state index < -0.39 is 0 Å². The monoisotopic (exact) mass is 418 g/mol. The maximum Gasteiger partial charge on any atom is 0.191 e. The Labute approximate surface area is 149 Å². The van der Waals surface area contributed by atoms with Crippen LogP contribution in [0.2, 0.25) is 0 Å². The van der Waals surface area contributed by atoms with Crippen LogP contribution in [-0.4, -0.2) is 39.4 Å². The van der Waals surface area contributed by atoms with Gasteiger partial charge in [-0.2, -0.15) is 5.10 Å². The fourth-order valence-electron chi connectivity index (χ4n) is 3.13. The van der Waals surface area contributed by atoms with Crippen LogP contribution in [0.15, 0.2) is 11.3 Å². The Kier molecular flexibility index (Phi) is 6.46. The van der Waals surface area contributed by atoms with Gasteiger partial charge < -0.3 is 10.6 Å². The lowest BCUT2D eigenvalue weighted by molar-refractivity contribution is 0.392. The number of aromatic nitrogens is 3. The van der Waals surface area contributed by atoms with E-state index in [1.165, 1.54) is 19.3 Å². The molecule has 0 saturated heterocycles. The maximum absolute atomic E-state index is 4.59. The molecular weight excluding hydrogens is 391 g/mol. The minimum Gasteiger partial charge on any atom is -0.353 e. The van der Waals surface area contributed by atoms with Gasteiger partial charge in [-0.05, 0) is 32.1 Å². The Morgan fingerprint density at radius 2 is 2.27 bits per heavy atom. The van der Waals surface area contributed by atoms with Crippen molar-refractivity contribution in [1.29, 1.82) is 0 Å². The summed E-state index contributed by atoms with van der Waals surface area (Å²) in [7, 11) is 0. The van der Waals surface area contributed by atoms with Gasteiger partial charge in [-0.3, -0.25) is 4.99 Å².